The Morgan fingerprint density at radius 2 is 1.89 bits per heavy atom. The van der Waals surface area contributed by atoms with Gasteiger partial charge in [-0.2, -0.15) is 0 Å². The highest BCUT2D eigenvalue weighted by Gasteiger charge is 2.16. The largest absolute Gasteiger partial charge is 0.382 e. The van der Waals surface area contributed by atoms with E-state index in [9.17, 15) is 17.2 Å². The maximum atomic E-state index is 13.4. The minimum atomic E-state index is -3.19. The number of anilines is 1. The lowest BCUT2D eigenvalue weighted by Gasteiger charge is -2.10. The van der Waals surface area contributed by atoms with Crippen LogP contribution in [-0.2, 0) is 9.84 Å². The van der Waals surface area contributed by atoms with Crippen molar-refractivity contribution < 1.29 is 17.2 Å². The quantitative estimate of drug-likeness (QED) is 0.837. The van der Waals surface area contributed by atoms with Gasteiger partial charge in [0.2, 0.25) is 0 Å². The fourth-order valence-corrected chi connectivity index (χ4v) is 2.40. The molecule has 102 valence electrons. The molecule has 0 fully saturated rings. The molecule has 0 heterocycles. The van der Waals surface area contributed by atoms with Crippen LogP contribution in [0.15, 0.2) is 16.6 Å². The molecule has 0 saturated carbocycles. The summed E-state index contributed by atoms with van der Waals surface area (Å²) in [7, 11) is -3.19. The predicted molar refractivity (Wildman–Crippen MR) is 71.5 cm³/mol. The van der Waals surface area contributed by atoms with E-state index in [2.05, 4.69) is 21.2 Å². The van der Waals surface area contributed by atoms with Crippen molar-refractivity contribution in [3.63, 3.8) is 0 Å². The van der Waals surface area contributed by atoms with Crippen molar-refractivity contribution in [1.82, 2.24) is 0 Å². The summed E-state index contributed by atoms with van der Waals surface area (Å²) < 4.78 is 49.6. The van der Waals surface area contributed by atoms with E-state index in [1.54, 1.807) is 13.8 Å². The molecule has 0 aliphatic carbocycles. The van der Waals surface area contributed by atoms with Crippen LogP contribution in [0.5, 0.6) is 0 Å². The summed E-state index contributed by atoms with van der Waals surface area (Å²) in [5, 5.41) is 2.10. The van der Waals surface area contributed by atoms with Gasteiger partial charge >= 0.3 is 0 Å². The van der Waals surface area contributed by atoms with Crippen molar-refractivity contribution in [3.8, 4) is 0 Å². The lowest BCUT2D eigenvalue weighted by molar-refractivity contribution is 0.587. The zero-order chi connectivity index (χ0) is 13.9. The van der Waals surface area contributed by atoms with E-state index in [1.165, 1.54) is 0 Å². The minimum absolute atomic E-state index is 0.0281. The van der Waals surface area contributed by atoms with E-state index in [0.29, 0.717) is 0 Å². The molecule has 0 saturated heterocycles. The van der Waals surface area contributed by atoms with Crippen LogP contribution in [0, 0.1) is 11.6 Å². The summed E-state index contributed by atoms with van der Waals surface area (Å²) >= 11 is 2.86. The second-order valence-corrected chi connectivity index (χ2v) is 7.62. The number of halogens is 3. The third-order valence-electron chi connectivity index (χ3n) is 2.43. The van der Waals surface area contributed by atoms with Crippen molar-refractivity contribution in [2.45, 2.75) is 19.1 Å². The van der Waals surface area contributed by atoms with E-state index in [4.69, 9.17) is 0 Å². The molecule has 0 radical (unpaired) electrons. The molecule has 1 rings (SSSR count). The number of hydrogen-bond acceptors (Lipinski definition) is 3. The topological polar surface area (TPSA) is 46.2 Å². The molecule has 0 aliphatic rings. The lowest BCUT2D eigenvalue weighted by atomic mass is 10.3. The normalized spacial score (nSPS) is 11.9. The standard InChI is InChI=1S/C11H14BrF2NO2S/c1-7(2)18(16,17)4-3-15-11-6-9(13)8(12)5-10(11)14/h5-7,15H,3-4H2,1-2H3. The van der Waals surface area contributed by atoms with Crippen LogP contribution < -0.4 is 5.32 Å². The highest BCUT2D eigenvalue weighted by atomic mass is 79.9. The first-order valence-electron chi connectivity index (χ1n) is 5.34. The second-order valence-electron chi connectivity index (χ2n) is 4.09. The van der Waals surface area contributed by atoms with Gasteiger partial charge in [-0.15, -0.1) is 0 Å². The number of hydrogen-bond donors (Lipinski definition) is 1. The van der Waals surface area contributed by atoms with Crippen LogP contribution in [0.25, 0.3) is 0 Å². The monoisotopic (exact) mass is 341 g/mol. The van der Waals surface area contributed by atoms with Crippen molar-refractivity contribution in [2.75, 3.05) is 17.6 Å². The average molecular weight is 342 g/mol. The minimum Gasteiger partial charge on any atom is -0.382 e. The number of benzene rings is 1. The van der Waals surface area contributed by atoms with Gasteiger partial charge in [0.25, 0.3) is 0 Å². The highest BCUT2D eigenvalue weighted by molar-refractivity contribution is 9.10. The first-order chi connectivity index (χ1) is 8.24. The van der Waals surface area contributed by atoms with Crippen LogP contribution in [0.2, 0.25) is 0 Å². The Bertz CT molecular complexity index is 532. The van der Waals surface area contributed by atoms with Gasteiger partial charge in [0.1, 0.15) is 11.6 Å². The van der Waals surface area contributed by atoms with E-state index < -0.39 is 26.7 Å². The summed E-state index contributed by atoms with van der Waals surface area (Å²) in [5.74, 6) is -1.36. The smallest absolute Gasteiger partial charge is 0.154 e. The van der Waals surface area contributed by atoms with E-state index >= 15 is 0 Å². The van der Waals surface area contributed by atoms with Crippen molar-refractivity contribution in [3.05, 3.63) is 28.2 Å². The SMILES string of the molecule is CC(C)S(=O)(=O)CCNc1cc(F)c(Br)cc1F. The third kappa shape index (κ3) is 3.91. The van der Waals surface area contributed by atoms with Gasteiger partial charge in [-0.05, 0) is 35.8 Å². The molecule has 0 spiro atoms. The third-order valence-corrected chi connectivity index (χ3v) is 5.25. The summed E-state index contributed by atoms with van der Waals surface area (Å²) in [6.07, 6.45) is 0. The Hall–Kier alpha value is -0.690. The molecule has 0 unspecified atom stereocenters. The Morgan fingerprint density at radius 1 is 1.28 bits per heavy atom. The highest BCUT2D eigenvalue weighted by Crippen LogP contribution is 2.23. The van der Waals surface area contributed by atoms with Crippen LogP contribution >= 0.6 is 15.9 Å². The van der Waals surface area contributed by atoms with Crippen LogP contribution in [0.4, 0.5) is 14.5 Å². The molecule has 1 aromatic rings. The molecule has 1 N–H and O–H groups in total. The molecule has 3 nitrogen and oxygen atoms in total. The van der Waals surface area contributed by atoms with Gasteiger partial charge in [0, 0.05) is 12.6 Å². The predicted octanol–water partition coefficient (Wildman–Crippen LogP) is 2.96. The fourth-order valence-electron chi connectivity index (χ4n) is 1.22. The fraction of sp³-hybridized carbons (Fsp3) is 0.455. The van der Waals surface area contributed by atoms with Gasteiger partial charge in [-0.25, -0.2) is 17.2 Å². The molecule has 0 aromatic heterocycles. The van der Waals surface area contributed by atoms with Crippen molar-refractivity contribution in [1.29, 1.82) is 0 Å². The lowest BCUT2D eigenvalue weighted by Crippen LogP contribution is -2.23. The van der Waals surface area contributed by atoms with E-state index in [0.717, 1.165) is 12.1 Å². The first kappa shape index (κ1) is 15.4. The van der Waals surface area contributed by atoms with Crippen LogP contribution in [-0.4, -0.2) is 26.0 Å². The number of nitrogens with one attached hydrogen (secondary N) is 1. The Morgan fingerprint density at radius 3 is 2.44 bits per heavy atom. The summed E-state index contributed by atoms with van der Waals surface area (Å²) in [5.41, 5.74) is -0.0466. The molecule has 0 atom stereocenters. The maximum absolute atomic E-state index is 13.4. The molecule has 18 heavy (non-hydrogen) atoms. The van der Waals surface area contributed by atoms with Gasteiger partial charge < -0.3 is 5.32 Å². The van der Waals surface area contributed by atoms with Crippen molar-refractivity contribution in [2.24, 2.45) is 0 Å². The average Bonchev–Trinajstić information content (AvgIpc) is 2.25. The van der Waals surface area contributed by atoms with Crippen LogP contribution in [0.3, 0.4) is 0 Å². The molecule has 1 aromatic carbocycles. The van der Waals surface area contributed by atoms with E-state index in [1.807, 2.05) is 0 Å². The number of rotatable bonds is 5. The molecular weight excluding hydrogens is 328 g/mol. The van der Waals surface area contributed by atoms with Gasteiger partial charge in [-0.3, -0.25) is 0 Å². The molecule has 7 heteroatoms. The van der Waals surface area contributed by atoms with Crippen molar-refractivity contribution >= 4 is 31.5 Å². The number of sulfone groups is 1. The Kier molecular flexibility index (Phi) is 5.10. The molecule has 0 aliphatic heterocycles. The zero-order valence-electron chi connectivity index (χ0n) is 10.0. The van der Waals surface area contributed by atoms with Gasteiger partial charge in [-0.1, -0.05) is 0 Å². The Balaban J connectivity index is 2.68. The zero-order valence-corrected chi connectivity index (χ0v) is 12.4. The van der Waals surface area contributed by atoms with Gasteiger partial charge in [0.05, 0.1) is 21.2 Å². The first-order valence-corrected chi connectivity index (χ1v) is 7.85. The summed E-state index contributed by atoms with van der Waals surface area (Å²) in [6.45, 7) is 3.20. The maximum Gasteiger partial charge on any atom is 0.154 e. The molecular formula is C11H14BrF2NO2S. The molecule has 0 bridgehead atoms. The van der Waals surface area contributed by atoms with Gasteiger partial charge in [0.15, 0.2) is 9.84 Å². The van der Waals surface area contributed by atoms with Crippen LogP contribution in [0.1, 0.15) is 13.8 Å². The van der Waals surface area contributed by atoms with E-state index in [-0.39, 0.29) is 22.5 Å². The second kappa shape index (κ2) is 5.97. The summed E-state index contributed by atoms with van der Waals surface area (Å²) in [4.78, 5) is 0. The summed E-state index contributed by atoms with van der Waals surface area (Å²) in [6, 6.07) is 1.98. The molecule has 0 amide bonds. The Labute approximate surface area is 114 Å².